The molecule has 2 aliphatic heterocycles. The van der Waals surface area contributed by atoms with Crippen LogP contribution in [-0.4, -0.2) is 29.6 Å². The van der Waals surface area contributed by atoms with E-state index >= 15 is 0 Å². The van der Waals surface area contributed by atoms with Crippen LogP contribution in [0.2, 0.25) is 0 Å². The fourth-order valence-electron chi connectivity index (χ4n) is 8.20. The van der Waals surface area contributed by atoms with Gasteiger partial charge < -0.3 is 14.6 Å². The fourth-order valence-corrected chi connectivity index (χ4v) is 8.20. The molecule has 2 saturated heterocycles. The van der Waals surface area contributed by atoms with Gasteiger partial charge in [-0.25, -0.2) is 0 Å². The molecule has 1 spiro atoms. The predicted molar refractivity (Wildman–Crippen MR) is 87.8 cm³/mol. The standard InChI is InChI=1S/C20H30O4/c1-11-5-4-6-18(3)13(11)7-15-19-10-23-20(22,17(18)19)9-12(2)14(19)8-16(21)24-15/h11-15,17,22H,4-10H2,1-3H3/t11?,12-,13?,14?,15?,17?,18-,19+,20-/m0/s1. The Balaban J connectivity index is 1.70. The Bertz CT molecular complexity index is 590. The number of esters is 1. The number of hydrogen-bond donors (Lipinski definition) is 1. The first-order valence-corrected chi connectivity index (χ1v) is 9.87. The molecule has 0 radical (unpaired) electrons. The molecular weight excluding hydrogens is 304 g/mol. The topological polar surface area (TPSA) is 55.8 Å². The van der Waals surface area contributed by atoms with Crippen molar-refractivity contribution in [1.29, 1.82) is 0 Å². The second-order valence-corrected chi connectivity index (χ2v) is 9.87. The lowest BCUT2D eigenvalue weighted by atomic mass is 9.38. The maximum Gasteiger partial charge on any atom is 0.306 e. The van der Waals surface area contributed by atoms with Crippen molar-refractivity contribution in [3.8, 4) is 0 Å². The Morgan fingerprint density at radius 3 is 2.79 bits per heavy atom. The van der Waals surface area contributed by atoms with Crippen molar-refractivity contribution >= 4 is 5.97 Å². The van der Waals surface area contributed by atoms with Crippen molar-refractivity contribution < 1.29 is 19.4 Å². The molecule has 5 fully saturated rings. The number of carbonyl (C=O) groups is 1. The number of ether oxygens (including phenoxy) is 2. The van der Waals surface area contributed by atoms with Crippen LogP contribution in [0.25, 0.3) is 0 Å². The molecule has 5 unspecified atom stereocenters. The number of hydrogen-bond acceptors (Lipinski definition) is 4. The van der Waals surface area contributed by atoms with Crippen molar-refractivity contribution in [1.82, 2.24) is 0 Å². The molecule has 4 nitrogen and oxygen atoms in total. The van der Waals surface area contributed by atoms with Crippen LogP contribution in [0.1, 0.15) is 59.3 Å². The highest BCUT2D eigenvalue weighted by molar-refractivity contribution is 5.71. The monoisotopic (exact) mass is 334 g/mol. The highest BCUT2D eigenvalue weighted by atomic mass is 16.6. The Morgan fingerprint density at radius 2 is 2.00 bits per heavy atom. The number of fused-ring (bicyclic) bond motifs is 1. The van der Waals surface area contributed by atoms with Crippen molar-refractivity contribution in [3.63, 3.8) is 0 Å². The van der Waals surface area contributed by atoms with Crippen LogP contribution in [-0.2, 0) is 14.3 Å². The zero-order valence-corrected chi connectivity index (χ0v) is 15.1. The van der Waals surface area contributed by atoms with Gasteiger partial charge in [0.2, 0.25) is 0 Å². The van der Waals surface area contributed by atoms with Crippen LogP contribution in [0, 0.1) is 40.4 Å². The zero-order valence-electron chi connectivity index (χ0n) is 15.1. The molecule has 3 aliphatic carbocycles. The molecular formula is C20H30O4. The number of carbonyl (C=O) groups excluding carboxylic acids is 1. The van der Waals surface area contributed by atoms with Crippen molar-refractivity contribution in [2.45, 2.75) is 71.2 Å². The van der Waals surface area contributed by atoms with Gasteiger partial charge in [-0.1, -0.05) is 33.6 Å². The Kier molecular flexibility index (Phi) is 2.97. The third-order valence-corrected chi connectivity index (χ3v) is 8.85. The third kappa shape index (κ3) is 1.61. The van der Waals surface area contributed by atoms with E-state index in [2.05, 4.69) is 20.8 Å². The van der Waals surface area contributed by atoms with E-state index in [1.165, 1.54) is 19.3 Å². The summed E-state index contributed by atoms with van der Waals surface area (Å²) in [4.78, 5) is 12.3. The summed E-state index contributed by atoms with van der Waals surface area (Å²) in [5.41, 5.74) is -0.0653. The van der Waals surface area contributed by atoms with Gasteiger partial charge >= 0.3 is 5.97 Å². The summed E-state index contributed by atoms with van der Waals surface area (Å²) in [6, 6.07) is 0. The summed E-state index contributed by atoms with van der Waals surface area (Å²) in [6.45, 7) is 7.51. The minimum atomic E-state index is -1.03. The average molecular weight is 334 g/mol. The highest BCUT2D eigenvalue weighted by Gasteiger charge is 2.77. The summed E-state index contributed by atoms with van der Waals surface area (Å²) in [5, 5.41) is 11.5. The van der Waals surface area contributed by atoms with Crippen LogP contribution in [0.15, 0.2) is 0 Å². The van der Waals surface area contributed by atoms with Gasteiger partial charge in [0.05, 0.1) is 6.61 Å². The highest BCUT2D eigenvalue weighted by Crippen LogP contribution is 2.74. The molecule has 5 rings (SSSR count). The SMILES string of the molecule is CC1CCC[C@@]2(C)C1CC1OC(=O)CC3[C@@H](C)C[C@]4(O)OC[C@]13C24. The van der Waals surface area contributed by atoms with E-state index in [4.69, 9.17) is 9.47 Å². The summed E-state index contributed by atoms with van der Waals surface area (Å²) in [6.07, 6.45) is 5.72. The van der Waals surface area contributed by atoms with Gasteiger partial charge in [-0.15, -0.1) is 0 Å². The lowest BCUT2D eigenvalue weighted by molar-refractivity contribution is -0.295. The molecule has 3 saturated carbocycles. The first-order chi connectivity index (χ1) is 11.3. The van der Waals surface area contributed by atoms with Gasteiger partial charge in [-0.2, -0.15) is 0 Å². The second kappa shape index (κ2) is 4.56. The van der Waals surface area contributed by atoms with E-state index in [1.54, 1.807) is 0 Å². The maximum absolute atomic E-state index is 12.3. The predicted octanol–water partition coefficient (Wildman–Crippen LogP) is 3.13. The van der Waals surface area contributed by atoms with Crippen LogP contribution in [0.5, 0.6) is 0 Å². The molecule has 0 aromatic rings. The molecule has 4 heteroatoms. The molecule has 2 bridgehead atoms. The molecule has 0 amide bonds. The van der Waals surface area contributed by atoms with E-state index in [-0.39, 0.29) is 28.8 Å². The van der Waals surface area contributed by atoms with E-state index in [0.29, 0.717) is 43.1 Å². The summed E-state index contributed by atoms with van der Waals surface area (Å²) >= 11 is 0. The van der Waals surface area contributed by atoms with Gasteiger partial charge in [0.1, 0.15) is 6.10 Å². The van der Waals surface area contributed by atoms with Crippen molar-refractivity contribution in [3.05, 3.63) is 0 Å². The lowest BCUT2D eigenvalue weighted by Gasteiger charge is -2.67. The van der Waals surface area contributed by atoms with E-state index in [1.807, 2.05) is 0 Å². The summed E-state index contributed by atoms with van der Waals surface area (Å²) in [7, 11) is 0. The van der Waals surface area contributed by atoms with Crippen LogP contribution >= 0.6 is 0 Å². The molecule has 24 heavy (non-hydrogen) atoms. The van der Waals surface area contributed by atoms with Crippen LogP contribution in [0.3, 0.4) is 0 Å². The summed E-state index contributed by atoms with van der Waals surface area (Å²) < 4.78 is 12.1. The van der Waals surface area contributed by atoms with Crippen molar-refractivity contribution in [2.75, 3.05) is 6.61 Å². The third-order valence-electron chi connectivity index (χ3n) is 8.85. The normalized spacial score (nSPS) is 61.8. The number of aliphatic hydroxyl groups is 1. The lowest BCUT2D eigenvalue weighted by Crippen LogP contribution is -2.70. The molecule has 0 aromatic heterocycles. The molecule has 9 atom stereocenters. The fraction of sp³-hybridized carbons (Fsp3) is 0.950. The van der Waals surface area contributed by atoms with Crippen molar-refractivity contribution in [2.24, 2.45) is 40.4 Å². The van der Waals surface area contributed by atoms with Gasteiger partial charge in [0.25, 0.3) is 0 Å². The van der Waals surface area contributed by atoms with Gasteiger partial charge in [-0.3, -0.25) is 4.79 Å². The molecule has 0 aromatic carbocycles. The largest absolute Gasteiger partial charge is 0.462 e. The summed E-state index contributed by atoms with van der Waals surface area (Å²) in [5.74, 6) is 0.799. The van der Waals surface area contributed by atoms with E-state index < -0.39 is 5.79 Å². The number of rotatable bonds is 0. The second-order valence-electron chi connectivity index (χ2n) is 9.87. The Morgan fingerprint density at radius 1 is 1.21 bits per heavy atom. The molecule has 2 heterocycles. The van der Waals surface area contributed by atoms with Crippen LogP contribution < -0.4 is 0 Å². The van der Waals surface area contributed by atoms with Crippen LogP contribution in [0.4, 0.5) is 0 Å². The Labute approximate surface area is 144 Å². The first kappa shape index (κ1) is 15.6. The smallest absolute Gasteiger partial charge is 0.306 e. The minimum absolute atomic E-state index is 0.0365. The first-order valence-electron chi connectivity index (χ1n) is 9.87. The van der Waals surface area contributed by atoms with Gasteiger partial charge in [0, 0.05) is 24.2 Å². The molecule has 1 N–H and O–H groups in total. The van der Waals surface area contributed by atoms with Gasteiger partial charge in [-0.05, 0) is 41.9 Å². The Hall–Kier alpha value is -0.610. The van der Waals surface area contributed by atoms with E-state index in [9.17, 15) is 9.90 Å². The maximum atomic E-state index is 12.3. The average Bonchev–Trinajstić information content (AvgIpc) is 2.75. The minimum Gasteiger partial charge on any atom is -0.462 e. The molecule has 134 valence electrons. The van der Waals surface area contributed by atoms with Gasteiger partial charge in [0.15, 0.2) is 5.79 Å². The quantitative estimate of drug-likeness (QED) is 0.692. The zero-order chi connectivity index (χ0) is 16.9. The van der Waals surface area contributed by atoms with E-state index in [0.717, 1.165) is 6.42 Å². The molecule has 5 aliphatic rings.